The third-order valence-corrected chi connectivity index (χ3v) is 3.70. The first-order valence-electron chi connectivity index (χ1n) is 6.40. The van der Waals surface area contributed by atoms with Crippen LogP contribution in [0.2, 0.25) is 0 Å². The Kier molecular flexibility index (Phi) is 4.69. The largest absolute Gasteiger partial charge is 0.369 e. The average Bonchev–Trinajstić information content (AvgIpc) is 2.38. The van der Waals surface area contributed by atoms with Gasteiger partial charge < -0.3 is 4.90 Å². The zero-order chi connectivity index (χ0) is 12.1. The summed E-state index contributed by atoms with van der Waals surface area (Å²) in [5.41, 5.74) is 2.77. The monoisotopic (exact) mass is 252 g/mol. The number of aryl methyl sites for hydroxylation is 1. The van der Waals surface area contributed by atoms with Gasteiger partial charge in [-0.2, -0.15) is 0 Å². The number of anilines is 1. The molecule has 0 atom stereocenters. The van der Waals surface area contributed by atoms with E-state index in [0.717, 1.165) is 45.0 Å². The van der Waals surface area contributed by atoms with Gasteiger partial charge in [0.2, 0.25) is 0 Å². The molecule has 1 aromatic carbocycles. The summed E-state index contributed by atoms with van der Waals surface area (Å²) < 4.78 is 0. The van der Waals surface area contributed by atoms with E-state index in [0.29, 0.717) is 0 Å². The normalized spacial score (nSPS) is 17.4. The maximum Gasteiger partial charge on any atom is 0.0396 e. The minimum Gasteiger partial charge on any atom is -0.369 e. The number of benzene rings is 1. The number of para-hydroxylation sites is 1. The number of rotatable bonds is 4. The summed E-state index contributed by atoms with van der Waals surface area (Å²) in [7, 11) is 0. The van der Waals surface area contributed by atoms with Gasteiger partial charge in [-0.3, -0.25) is 4.90 Å². The van der Waals surface area contributed by atoms with E-state index < -0.39 is 0 Å². The van der Waals surface area contributed by atoms with Crippen LogP contribution in [-0.4, -0.2) is 43.5 Å². The topological polar surface area (TPSA) is 6.48 Å². The maximum absolute atomic E-state index is 5.73. The molecular weight excluding hydrogens is 232 g/mol. The lowest BCUT2D eigenvalue weighted by atomic mass is 10.1. The van der Waals surface area contributed by atoms with Crippen molar-refractivity contribution in [2.75, 3.05) is 43.5 Å². The first kappa shape index (κ1) is 12.7. The number of piperazine rings is 1. The zero-order valence-corrected chi connectivity index (χ0v) is 11.3. The molecule has 1 aliphatic rings. The summed E-state index contributed by atoms with van der Waals surface area (Å²) in [6, 6.07) is 8.65. The molecule has 0 radical (unpaired) electrons. The van der Waals surface area contributed by atoms with Gasteiger partial charge >= 0.3 is 0 Å². The van der Waals surface area contributed by atoms with Gasteiger partial charge in [0.25, 0.3) is 0 Å². The molecule has 0 aromatic heterocycles. The first-order valence-corrected chi connectivity index (χ1v) is 6.93. The number of halogens is 1. The smallest absolute Gasteiger partial charge is 0.0396 e. The lowest BCUT2D eigenvalue weighted by molar-refractivity contribution is 0.259. The minimum atomic E-state index is 0.776. The quantitative estimate of drug-likeness (QED) is 0.761. The van der Waals surface area contributed by atoms with Crippen molar-refractivity contribution in [2.24, 2.45) is 0 Å². The standard InChI is InChI=1S/C14H21ClN2/c1-13-5-2-3-6-14(13)17-11-9-16(10-12-17)8-4-7-15/h2-3,5-6H,4,7-12H2,1H3. The molecule has 2 rings (SSSR count). The van der Waals surface area contributed by atoms with E-state index >= 15 is 0 Å². The van der Waals surface area contributed by atoms with Gasteiger partial charge in [0, 0.05) is 37.7 Å². The van der Waals surface area contributed by atoms with Crippen LogP contribution in [0.4, 0.5) is 5.69 Å². The molecule has 0 bridgehead atoms. The third kappa shape index (κ3) is 3.36. The van der Waals surface area contributed by atoms with Crippen LogP contribution in [-0.2, 0) is 0 Å². The molecule has 0 aliphatic carbocycles. The maximum atomic E-state index is 5.73. The highest BCUT2D eigenvalue weighted by Crippen LogP contribution is 2.20. The highest BCUT2D eigenvalue weighted by molar-refractivity contribution is 6.17. The zero-order valence-electron chi connectivity index (χ0n) is 10.5. The lowest BCUT2D eigenvalue weighted by Gasteiger charge is -2.36. The van der Waals surface area contributed by atoms with E-state index in [1.54, 1.807) is 0 Å². The highest BCUT2D eigenvalue weighted by atomic mass is 35.5. The Balaban J connectivity index is 1.89. The van der Waals surface area contributed by atoms with Crippen LogP contribution in [0.25, 0.3) is 0 Å². The molecule has 94 valence electrons. The van der Waals surface area contributed by atoms with Gasteiger partial charge in [0.05, 0.1) is 0 Å². The van der Waals surface area contributed by atoms with Crippen molar-refractivity contribution in [3.63, 3.8) is 0 Å². The van der Waals surface area contributed by atoms with Crippen LogP contribution in [0.5, 0.6) is 0 Å². The van der Waals surface area contributed by atoms with Crippen molar-refractivity contribution >= 4 is 17.3 Å². The van der Waals surface area contributed by atoms with E-state index in [-0.39, 0.29) is 0 Å². The second-order valence-electron chi connectivity index (χ2n) is 4.66. The van der Waals surface area contributed by atoms with Crippen molar-refractivity contribution in [1.29, 1.82) is 0 Å². The molecule has 17 heavy (non-hydrogen) atoms. The summed E-state index contributed by atoms with van der Waals surface area (Å²) in [4.78, 5) is 5.00. The van der Waals surface area contributed by atoms with E-state index in [9.17, 15) is 0 Å². The van der Waals surface area contributed by atoms with Gasteiger partial charge in [-0.25, -0.2) is 0 Å². The predicted octanol–water partition coefficient (Wildman–Crippen LogP) is 2.75. The molecule has 1 fully saturated rings. The Morgan fingerprint density at radius 2 is 1.82 bits per heavy atom. The summed E-state index contributed by atoms with van der Waals surface area (Å²) in [5.74, 6) is 0.776. The highest BCUT2D eigenvalue weighted by Gasteiger charge is 2.17. The average molecular weight is 253 g/mol. The fourth-order valence-corrected chi connectivity index (χ4v) is 2.53. The Morgan fingerprint density at radius 3 is 2.47 bits per heavy atom. The van der Waals surface area contributed by atoms with Crippen molar-refractivity contribution in [3.8, 4) is 0 Å². The van der Waals surface area contributed by atoms with Crippen LogP contribution in [0.3, 0.4) is 0 Å². The van der Waals surface area contributed by atoms with Crippen molar-refractivity contribution < 1.29 is 0 Å². The summed E-state index contributed by atoms with van der Waals surface area (Å²) >= 11 is 5.73. The van der Waals surface area contributed by atoms with E-state index in [4.69, 9.17) is 11.6 Å². The predicted molar refractivity (Wildman–Crippen MR) is 75.2 cm³/mol. The number of hydrogen-bond donors (Lipinski definition) is 0. The first-order chi connectivity index (χ1) is 8.31. The Morgan fingerprint density at radius 1 is 1.12 bits per heavy atom. The molecule has 1 heterocycles. The fourth-order valence-electron chi connectivity index (χ4n) is 2.41. The fraction of sp³-hybridized carbons (Fsp3) is 0.571. The van der Waals surface area contributed by atoms with E-state index in [1.165, 1.54) is 11.3 Å². The summed E-state index contributed by atoms with van der Waals surface area (Å²) in [6.07, 6.45) is 1.10. The molecule has 3 heteroatoms. The van der Waals surface area contributed by atoms with Crippen LogP contribution in [0.15, 0.2) is 24.3 Å². The Bertz CT molecular complexity index is 346. The van der Waals surface area contributed by atoms with Gasteiger partial charge in [0.15, 0.2) is 0 Å². The molecule has 0 N–H and O–H groups in total. The lowest BCUT2D eigenvalue weighted by Crippen LogP contribution is -2.46. The van der Waals surface area contributed by atoms with Crippen LogP contribution in [0.1, 0.15) is 12.0 Å². The number of nitrogens with zero attached hydrogens (tertiary/aromatic N) is 2. The Hall–Kier alpha value is -0.730. The Labute approximate surface area is 109 Å². The van der Waals surface area contributed by atoms with E-state index in [2.05, 4.69) is 41.0 Å². The molecular formula is C14H21ClN2. The van der Waals surface area contributed by atoms with E-state index in [1.807, 2.05) is 0 Å². The molecule has 0 unspecified atom stereocenters. The number of alkyl halides is 1. The molecule has 1 aliphatic heterocycles. The van der Waals surface area contributed by atoms with Crippen molar-refractivity contribution in [2.45, 2.75) is 13.3 Å². The molecule has 2 nitrogen and oxygen atoms in total. The second-order valence-corrected chi connectivity index (χ2v) is 5.04. The van der Waals surface area contributed by atoms with Crippen LogP contribution < -0.4 is 4.90 Å². The number of hydrogen-bond acceptors (Lipinski definition) is 2. The van der Waals surface area contributed by atoms with Gasteiger partial charge in [-0.15, -0.1) is 11.6 Å². The summed E-state index contributed by atoms with van der Waals surface area (Å²) in [5, 5.41) is 0. The van der Waals surface area contributed by atoms with Crippen LogP contribution in [0, 0.1) is 6.92 Å². The SMILES string of the molecule is Cc1ccccc1N1CCN(CCCCl)CC1. The summed E-state index contributed by atoms with van der Waals surface area (Å²) in [6.45, 7) is 7.91. The molecule has 1 saturated heterocycles. The van der Waals surface area contributed by atoms with Crippen molar-refractivity contribution in [1.82, 2.24) is 4.90 Å². The second kappa shape index (κ2) is 6.27. The van der Waals surface area contributed by atoms with Gasteiger partial charge in [0.1, 0.15) is 0 Å². The molecule has 0 spiro atoms. The van der Waals surface area contributed by atoms with Gasteiger partial charge in [-0.05, 0) is 31.5 Å². The molecule has 1 aromatic rings. The minimum absolute atomic E-state index is 0.776. The van der Waals surface area contributed by atoms with Crippen LogP contribution >= 0.6 is 11.6 Å². The molecule has 0 saturated carbocycles. The molecule has 0 amide bonds. The van der Waals surface area contributed by atoms with Crippen molar-refractivity contribution in [3.05, 3.63) is 29.8 Å². The third-order valence-electron chi connectivity index (χ3n) is 3.44. The van der Waals surface area contributed by atoms with Gasteiger partial charge in [-0.1, -0.05) is 18.2 Å².